The molecular weight excluding hydrogens is 394 g/mol. The van der Waals surface area contributed by atoms with Crippen molar-refractivity contribution in [2.75, 3.05) is 25.0 Å². The number of H-pyrrole nitrogens is 1. The number of carbonyl (C=O) groups is 1. The average Bonchev–Trinajstić information content (AvgIpc) is 3.31. The quantitative estimate of drug-likeness (QED) is 0.635. The molecule has 1 aliphatic rings. The highest BCUT2D eigenvalue weighted by atomic mass is 16.2. The maximum absolute atomic E-state index is 13.4. The van der Waals surface area contributed by atoms with Crippen molar-refractivity contribution in [3.8, 4) is 6.07 Å². The van der Waals surface area contributed by atoms with Crippen molar-refractivity contribution in [1.29, 1.82) is 5.26 Å². The Labute approximate surface area is 179 Å². The van der Waals surface area contributed by atoms with Crippen LogP contribution in [0.1, 0.15) is 29.0 Å². The van der Waals surface area contributed by atoms with Crippen molar-refractivity contribution < 1.29 is 4.79 Å². The fourth-order valence-electron chi connectivity index (χ4n) is 4.06. The topological polar surface area (TPSA) is 111 Å². The molecular formula is C22H23N7O2. The Morgan fingerprint density at radius 3 is 2.90 bits per heavy atom. The van der Waals surface area contributed by atoms with Crippen molar-refractivity contribution >= 4 is 22.6 Å². The van der Waals surface area contributed by atoms with E-state index in [1.807, 2.05) is 13.1 Å². The van der Waals surface area contributed by atoms with Gasteiger partial charge in [0.1, 0.15) is 17.4 Å². The van der Waals surface area contributed by atoms with E-state index in [9.17, 15) is 9.59 Å². The third-order valence-electron chi connectivity index (χ3n) is 5.75. The second-order valence-corrected chi connectivity index (χ2v) is 7.54. The summed E-state index contributed by atoms with van der Waals surface area (Å²) in [5.74, 6) is 0.760. The molecule has 1 saturated heterocycles. The van der Waals surface area contributed by atoms with Crippen LogP contribution in [-0.2, 0) is 6.54 Å². The number of nitrogens with zero attached hydrogens (tertiary/aromatic N) is 6. The Hall–Kier alpha value is -3.93. The fourth-order valence-corrected chi connectivity index (χ4v) is 4.06. The van der Waals surface area contributed by atoms with Gasteiger partial charge in [-0.2, -0.15) is 5.26 Å². The third kappa shape index (κ3) is 3.80. The van der Waals surface area contributed by atoms with E-state index < -0.39 is 0 Å². The number of pyridine rings is 1. The molecule has 4 heterocycles. The number of aromatic amines is 1. The molecule has 0 atom stereocenters. The molecule has 1 aliphatic heterocycles. The lowest BCUT2D eigenvalue weighted by atomic mass is 10.0. The maximum Gasteiger partial charge on any atom is 0.275 e. The summed E-state index contributed by atoms with van der Waals surface area (Å²) in [5, 5.41) is 9.64. The zero-order valence-electron chi connectivity index (χ0n) is 17.3. The second kappa shape index (κ2) is 8.44. The minimum Gasteiger partial charge on any atom is -0.357 e. The van der Waals surface area contributed by atoms with E-state index in [0.717, 1.165) is 31.7 Å². The molecule has 0 radical (unpaired) electrons. The van der Waals surface area contributed by atoms with Crippen LogP contribution in [0.4, 0.5) is 5.82 Å². The monoisotopic (exact) mass is 417 g/mol. The summed E-state index contributed by atoms with van der Waals surface area (Å²) in [4.78, 5) is 40.9. The zero-order valence-corrected chi connectivity index (χ0v) is 17.3. The number of nitrogens with one attached hydrogen (secondary N) is 1. The number of aromatic nitrogens is 4. The van der Waals surface area contributed by atoms with Gasteiger partial charge < -0.3 is 19.4 Å². The molecule has 1 fully saturated rings. The molecule has 1 N–H and O–H groups in total. The molecule has 3 aromatic rings. The van der Waals surface area contributed by atoms with Gasteiger partial charge in [-0.1, -0.05) is 6.08 Å². The normalized spacial score (nSPS) is 14.4. The molecule has 0 aromatic carbocycles. The summed E-state index contributed by atoms with van der Waals surface area (Å²) in [6.45, 7) is 5.47. The standard InChI is InChI=1S/C22H23N7O2/c1-3-10-29-14-17(16-4-8-25-20(16)22(29)31)21(30)27(2)15-6-11-28(12-7-15)19-5-9-24-18(13-23)26-19/h3-5,8-9,14-15,25H,1,6-7,10-12H2,2H3. The molecule has 0 saturated carbocycles. The Morgan fingerprint density at radius 1 is 1.42 bits per heavy atom. The number of fused-ring (bicyclic) bond motifs is 1. The van der Waals surface area contributed by atoms with E-state index in [2.05, 4.69) is 26.4 Å². The van der Waals surface area contributed by atoms with Crippen molar-refractivity contribution in [3.05, 3.63) is 65.1 Å². The van der Waals surface area contributed by atoms with Gasteiger partial charge in [0.05, 0.1) is 5.56 Å². The molecule has 0 aliphatic carbocycles. The first-order chi connectivity index (χ1) is 15.0. The van der Waals surface area contributed by atoms with E-state index in [-0.39, 0.29) is 23.3 Å². The highest BCUT2D eigenvalue weighted by Crippen LogP contribution is 2.23. The van der Waals surface area contributed by atoms with Gasteiger partial charge in [-0.15, -0.1) is 6.58 Å². The van der Waals surface area contributed by atoms with Gasteiger partial charge in [0.15, 0.2) is 0 Å². The number of hydrogen-bond donors (Lipinski definition) is 1. The van der Waals surface area contributed by atoms with Crippen molar-refractivity contribution in [1.82, 2.24) is 24.4 Å². The lowest BCUT2D eigenvalue weighted by Gasteiger charge is -2.37. The summed E-state index contributed by atoms with van der Waals surface area (Å²) in [7, 11) is 1.81. The van der Waals surface area contributed by atoms with Crippen LogP contribution in [-0.4, -0.2) is 56.5 Å². The van der Waals surface area contributed by atoms with Crippen molar-refractivity contribution in [3.63, 3.8) is 0 Å². The Balaban J connectivity index is 1.52. The first-order valence-electron chi connectivity index (χ1n) is 10.1. The lowest BCUT2D eigenvalue weighted by Crippen LogP contribution is -2.46. The molecule has 158 valence electrons. The summed E-state index contributed by atoms with van der Waals surface area (Å²) in [6, 6.07) is 5.58. The lowest BCUT2D eigenvalue weighted by molar-refractivity contribution is 0.0710. The summed E-state index contributed by atoms with van der Waals surface area (Å²) in [5.41, 5.74) is 0.749. The van der Waals surface area contributed by atoms with Crippen LogP contribution in [0.5, 0.6) is 0 Å². The maximum atomic E-state index is 13.4. The summed E-state index contributed by atoms with van der Waals surface area (Å²) in [6.07, 6.45) is 8.07. The number of piperidine rings is 1. The van der Waals surface area contributed by atoms with Gasteiger partial charge in [0.25, 0.3) is 11.5 Å². The van der Waals surface area contributed by atoms with Crippen molar-refractivity contribution in [2.45, 2.75) is 25.4 Å². The minimum atomic E-state index is -0.172. The van der Waals surface area contributed by atoms with Crippen LogP contribution in [0.15, 0.2) is 48.2 Å². The fraction of sp³-hybridized carbons (Fsp3) is 0.318. The number of allylic oxidation sites excluding steroid dienone is 1. The van der Waals surface area contributed by atoms with Crippen LogP contribution in [0.2, 0.25) is 0 Å². The van der Waals surface area contributed by atoms with Crippen LogP contribution < -0.4 is 10.5 Å². The molecule has 0 unspecified atom stereocenters. The molecule has 9 heteroatoms. The van der Waals surface area contributed by atoms with Crippen molar-refractivity contribution in [2.24, 2.45) is 0 Å². The highest BCUT2D eigenvalue weighted by Gasteiger charge is 2.28. The van der Waals surface area contributed by atoms with Gasteiger partial charge in [-0.25, -0.2) is 9.97 Å². The SMILES string of the molecule is C=CCn1cc(C(=O)N(C)C2CCN(c3ccnc(C#N)n3)CC2)c2cc[nH]c2c1=O. The highest BCUT2D eigenvalue weighted by molar-refractivity contribution is 6.05. The number of hydrogen-bond acceptors (Lipinski definition) is 6. The first-order valence-corrected chi connectivity index (χ1v) is 10.1. The Morgan fingerprint density at radius 2 is 2.19 bits per heavy atom. The van der Waals surface area contributed by atoms with Crippen LogP contribution >= 0.6 is 0 Å². The number of nitriles is 1. The predicted octanol–water partition coefficient (Wildman–Crippen LogP) is 1.92. The molecule has 0 spiro atoms. The van der Waals surface area contributed by atoms with Gasteiger partial charge in [0, 0.05) is 56.7 Å². The molecule has 3 aromatic heterocycles. The van der Waals surface area contributed by atoms with Gasteiger partial charge in [-0.3, -0.25) is 9.59 Å². The smallest absolute Gasteiger partial charge is 0.275 e. The second-order valence-electron chi connectivity index (χ2n) is 7.54. The van der Waals surface area contributed by atoms with E-state index in [0.29, 0.717) is 23.0 Å². The number of rotatable bonds is 5. The van der Waals surface area contributed by atoms with Gasteiger partial charge in [-0.05, 0) is 25.0 Å². The first kappa shape index (κ1) is 20.3. The minimum absolute atomic E-state index is 0.0646. The summed E-state index contributed by atoms with van der Waals surface area (Å²) < 4.78 is 1.50. The Bertz CT molecular complexity index is 1230. The molecule has 9 nitrogen and oxygen atoms in total. The number of carbonyl (C=O) groups excluding carboxylic acids is 1. The van der Waals surface area contributed by atoms with Crippen LogP contribution in [0.3, 0.4) is 0 Å². The number of anilines is 1. The van der Waals surface area contributed by atoms with E-state index in [1.54, 1.807) is 41.7 Å². The van der Waals surface area contributed by atoms with Crippen LogP contribution in [0, 0.1) is 11.3 Å². The summed E-state index contributed by atoms with van der Waals surface area (Å²) >= 11 is 0. The van der Waals surface area contributed by atoms with Crippen LogP contribution in [0.25, 0.3) is 10.9 Å². The van der Waals surface area contributed by atoms with Gasteiger partial charge in [0.2, 0.25) is 5.82 Å². The van der Waals surface area contributed by atoms with Gasteiger partial charge >= 0.3 is 0 Å². The van der Waals surface area contributed by atoms with E-state index in [4.69, 9.17) is 5.26 Å². The zero-order chi connectivity index (χ0) is 22.0. The average molecular weight is 417 g/mol. The predicted molar refractivity (Wildman–Crippen MR) is 117 cm³/mol. The van der Waals surface area contributed by atoms with E-state index >= 15 is 0 Å². The Kier molecular flexibility index (Phi) is 5.54. The molecule has 0 bridgehead atoms. The largest absolute Gasteiger partial charge is 0.357 e. The number of amides is 1. The molecule has 31 heavy (non-hydrogen) atoms. The molecule has 1 amide bonds. The third-order valence-corrected chi connectivity index (χ3v) is 5.75. The molecule has 4 rings (SSSR count). The van der Waals surface area contributed by atoms with E-state index in [1.165, 1.54) is 4.57 Å².